The molecule has 4 rings (SSSR count). The molecule has 2 heterocycles. The number of hydrogen-bond acceptors (Lipinski definition) is 5. The number of fused-ring (bicyclic) bond motifs is 1. The van der Waals surface area contributed by atoms with E-state index in [9.17, 15) is 23.5 Å². The van der Waals surface area contributed by atoms with Crippen LogP contribution in [-0.2, 0) is 0 Å². The second-order valence-corrected chi connectivity index (χ2v) is 8.31. The summed E-state index contributed by atoms with van der Waals surface area (Å²) in [6, 6.07) is 9.46. The summed E-state index contributed by atoms with van der Waals surface area (Å²) >= 11 is 5.84. The first kappa shape index (κ1) is 23.4. The normalized spacial score (nSPS) is 12.1. The zero-order chi connectivity index (χ0) is 24.7. The van der Waals surface area contributed by atoms with Gasteiger partial charge in [0.25, 0.3) is 0 Å². The average molecular weight is 485 g/mol. The molecule has 0 amide bonds. The maximum atomic E-state index is 14.5. The van der Waals surface area contributed by atoms with Crippen LogP contribution in [0.15, 0.2) is 51.7 Å². The molecule has 174 valence electrons. The van der Waals surface area contributed by atoms with E-state index >= 15 is 0 Å². The number of aromatic carboxylic acids is 1. The highest BCUT2D eigenvalue weighted by atomic mass is 35.5. The zero-order valence-electron chi connectivity index (χ0n) is 18.4. The Morgan fingerprint density at radius 2 is 1.91 bits per heavy atom. The van der Waals surface area contributed by atoms with Crippen molar-refractivity contribution in [1.82, 2.24) is 4.98 Å². The number of halogens is 3. The van der Waals surface area contributed by atoms with Crippen molar-refractivity contribution in [3.05, 3.63) is 91.9 Å². The summed E-state index contributed by atoms with van der Waals surface area (Å²) in [5.74, 6) is -3.52. The Morgan fingerprint density at radius 1 is 1.18 bits per heavy atom. The molecule has 34 heavy (non-hydrogen) atoms. The third kappa shape index (κ3) is 4.12. The third-order valence-electron chi connectivity index (χ3n) is 5.49. The van der Waals surface area contributed by atoms with Crippen LogP contribution >= 0.6 is 11.6 Å². The topological polar surface area (TPSA) is 92.4 Å². The van der Waals surface area contributed by atoms with Gasteiger partial charge in [0.15, 0.2) is 22.8 Å². The molecule has 0 bridgehead atoms. The van der Waals surface area contributed by atoms with Gasteiger partial charge in [-0.2, -0.15) is 0 Å². The van der Waals surface area contributed by atoms with Gasteiger partial charge >= 0.3 is 5.97 Å². The van der Waals surface area contributed by atoms with Gasteiger partial charge in [-0.15, -0.1) is 0 Å². The summed E-state index contributed by atoms with van der Waals surface area (Å²) in [4.78, 5) is 28.6. The van der Waals surface area contributed by atoms with Crippen LogP contribution in [-0.4, -0.2) is 16.1 Å². The molecule has 4 aromatic rings. The largest absolute Gasteiger partial charge is 0.476 e. The van der Waals surface area contributed by atoms with E-state index in [1.807, 2.05) is 0 Å². The quantitative estimate of drug-likeness (QED) is 0.324. The molecule has 0 saturated carbocycles. The molecular weight excluding hydrogens is 466 g/mol. The lowest BCUT2D eigenvalue weighted by molar-refractivity contribution is 0.0691. The Hall–Kier alpha value is -3.78. The monoisotopic (exact) mass is 484 g/mol. The maximum Gasteiger partial charge on any atom is 0.356 e. The number of carbonyl (C=O) groups is 1. The highest BCUT2D eigenvalue weighted by molar-refractivity contribution is 6.29. The summed E-state index contributed by atoms with van der Waals surface area (Å²) in [7, 11) is 0. The SMILES string of the molecule is Cc1cc([C@@H](C)Nc2ccc(Cl)nc2C(=O)O)c2oc(-c3cccc(F)c3F)c(C)c(=O)c2c1. The predicted molar refractivity (Wildman–Crippen MR) is 126 cm³/mol. The van der Waals surface area contributed by atoms with Crippen LogP contribution in [0.1, 0.15) is 40.1 Å². The third-order valence-corrected chi connectivity index (χ3v) is 5.70. The van der Waals surface area contributed by atoms with E-state index in [1.54, 1.807) is 26.0 Å². The molecule has 0 saturated heterocycles. The van der Waals surface area contributed by atoms with E-state index in [0.29, 0.717) is 5.56 Å². The fourth-order valence-electron chi connectivity index (χ4n) is 3.85. The lowest BCUT2D eigenvalue weighted by atomic mass is 9.98. The number of hydrogen-bond donors (Lipinski definition) is 2. The van der Waals surface area contributed by atoms with E-state index < -0.39 is 23.6 Å². The molecular formula is C25H19ClF2N2O4. The Kier molecular flexibility index (Phi) is 6.10. The van der Waals surface area contributed by atoms with Gasteiger partial charge in [-0.3, -0.25) is 4.79 Å². The smallest absolute Gasteiger partial charge is 0.356 e. The van der Waals surface area contributed by atoms with Crippen molar-refractivity contribution < 1.29 is 23.1 Å². The lowest BCUT2D eigenvalue weighted by Crippen LogP contribution is -2.15. The van der Waals surface area contributed by atoms with Crippen LogP contribution in [0, 0.1) is 25.5 Å². The molecule has 0 fully saturated rings. The Morgan fingerprint density at radius 3 is 2.62 bits per heavy atom. The minimum absolute atomic E-state index is 0.0276. The van der Waals surface area contributed by atoms with Crippen molar-refractivity contribution in [2.24, 2.45) is 0 Å². The van der Waals surface area contributed by atoms with Crippen LogP contribution in [0.25, 0.3) is 22.3 Å². The number of benzene rings is 2. The van der Waals surface area contributed by atoms with Crippen molar-refractivity contribution in [2.75, 3.05) is 5.32 Å². The van der Waals surface area contributed by atoms with Crippen molar-refractivity contribution >= 4 is 34.2 Å². The molecule has 9 heteroatoms. The number of carboxylic acid groups (broad SMARTS) is 1. The number of rotatable bonds is 5. The fraction of sp³-hybridized carbons (Fsp3) is 0.160. The molecule has 2 N–H and O–H groups in total. The highest BCUT2D eigenvalue weighted by Crippen LogP contribution is 2.34. The van der Waals surface area contributed by atoms with Crippen LogP contribution < -0.4 is 10.7 Å². The standard InChI is InChI=1S/C25H19ClF2N2O4/c1-11-9-15(13(3)29-18-7-8-19(26)30-21(18)25(32)33)24-16(10-11)22(31)12(2)23(34-24)14-5-4-6-17(27)20(14)28/h4-10,13,29H,1-3H3,(H,32,33)/t13-/m1/s1. The minimum Gasteiger partial charge on any atom is -0.476 e. The van der Waals surface area contributed by atoms with Crippen LogP contribution in [0.5, 0.6) is 0 Å². The molecule has 0 aliphatic rings. The van der Waals surface area contributed by atoms with E-state index in [2.05, 4.69) is 10.3 Å². The molecule has 1 atom stereocenters. The van der Waals surface area contributed by atoms with Crippen LogP contribution in [0.4, 0.5) is 14.5 Å². The predicted octanol–water partition coefficient (Wildman–Crippen LogP) is 6.27. The van der Waals surface area contributed by atoms with Gasteiger partial charge in [-0.1, -0.05) is 23.7 Å². The first-order chi connectivity index (χ1) is 16.1. The number of carboxylic acids is 1. The van der Waals surface area contributed by atoms with E-state index in [4.69, 9.17) is 16.0 Å². The molecule has 0 aliphatic carbocycles. The van der Waals surface area contributed by atoms with Gasteiger partial charge in [-0.05, 0) is 56.7 Å². The van der Waals surface area contributed by atoms with Crippen LogP contribution in [0.3, 0.4) is 0 Å². The molecule has 2 aromatic carbocycles. The number of nitrogens with zero attached hydrogens (tertiary/aromatic N) is 1. The summed E-state index contributed by atoms with van der Waals surface area (Å²) in [5.41, 5.74) is 1.01. The fourth-order valence-corrected chi connectivity index (χ4v) is 4.00. The first-order valence-electron chi connectivity index (χ1n) is 10.3. The summed E-state index contributed by atoms with van der Waals surface area (Å²) < 4.78 is 34.5. The number of aromatic nitrogens is 1. The molecule has 2 aromatic heterocycles. The van der Waals surface area contributed by atoms with Crippen molar-refractivity contribution in [2.45, 2.75) is 26.8 Å². The van der Waals surface area contributed by atoms with E-state index in [1.165, 1.54) is 31.2 Å². The Labute approximate surface area is 197 Å². The van der Waals surface area contributed by atoms with E-state index in [0.717, 1.165) is 11.6 Å². The van der Waals surface area contributed by atoms with E-state index in [-0.39, 0.29) is 49.8 Å². The molecule has 6 nitrogen and oxygen atoms in total. The first-order valence-corrected chi connectivity index (χ1v) is 10.6. The minimum atomic E-state index is -1.27. The van der Waals surface area contributed by atoms with Gasteiger partial charge in [0.1, 0.15) is 16.5 Å². The maximum absolute atomic E-state index is 14.5. The summed E-state index contributed by atoms with van der Waals surface area (Å²) in [6.45, 7) is 5.04. The van der Waals surface area contributed by atoms with Gasteiger partial charge < -0.3 is 14.8 Å². The highest BCUT2D eigenvalue weighted by Gasteiger charge is 2.22. The van der Waals surface area contributed by atoms with Crippen molar-refractivity contribution in [1.29, 1.82) is 0 Å². The average Bonchev–Trinajstić information content (AvgIpc) is 2.79. The number of nitrogens with one attached hydrogen (secondary N) is 1. The molecule has 0 unspecified atom stereocenters. The number of pyridine rings is 1. The lowest BCUT2D eigenvalue weighted by Gasteiger charge is -2.19. The van der Waals surface area contributed by atoms with Crippen LogP contribution in [0.2, 0.25) is 5.15 Å². The molecule has 0 spiro atoms. The number of aryl methyl sites for hydroxylation is 1. The second kappa shape index (κ2) is 8.87. The molecule has 0 aliphatic heterocycles. The second-order valence-electron chi connectivity index (χ2n) is 7.92. The number of anilines is 1. The summed E-state index contributed by atoms with van der Waals surface area (Å²) in [6.07, 6.45) is 0. The van der Waals surface area contributed by atoms with Gasteiger partial charge in [0, 0.05) is 11.1 Å². The zero-order valence-corrected chi connectivity index (χ0v) is 19.1. The molecule has 0 radical (unpaired) electrons. The van der Waals surface area contributed by atoms with Crippen molar-refractivity contribution in [3.63, 3.8) is 0 Å². The Bertz CT molecular complexity index is 1520. The Balaban J connectivity index is 1.92. The van der Waals surface area contributed by atoms with Gasteiger partial charge in [0.2, 0.25) is 0 Å². The van der Waals surface area contributed by atoms with Gasteiger partial charge in [-0.25, -0.2) is 18.6 Å². The van der Waals surface area contributed by atoms with Crippen molar-refractivity contribution in [3.8, 4) is 11.3 Å². The van der Waals surface area contributed by atoms with Gasteiger partial charge in [0.05, 0.1) is 22.7 Å². The summed E-state index contributed by atoms with van der Waals surface area (Å²) in [5, 5.41) is 12.9.